The lowest BCUT2D eigenvalue weighted by Gasteiger charge is -2.38. The standard InChI is InChI=1S/C17H38N2O2Si/c1-8-9-10-11-12-16(20)19-15(14(2)18)13-21-22(6,7)17(3,4)5/h14-15H,8-13,18H2,1-7H3,(H,19,20)/t14-,15-/m1/s1. The number of rotatable bonds is 10. The molecule has 0 radical (unpaired) electrons. The van der Waals surface area contributed by atoms with Crippen LogP contribution in [0.5, 0.6) is 0 Å². The number of hydrogen-bond acceptors (Lipinski definition) is 3. The van der Waals surface area contributed by atoms with E-state index in [1.54, 1.807) is 0 Å². The molecule has 0 aromatic heterocycles. The number of nitrogens with one attached hydrogen (secondary N) is 1. The molecular formula is C17H38N2O2Si. The predicted molar refractivity (Wildman–Crippen MR) is 97.5 cm³/mol. The molecule has 0 aliphatic carbocycles. The summed E-state index contributed by atoms with van der Waals surface area (Å²) >= 11 is 0. The maximum atomic E-state index is 12.0. The van der Waals surface area contributed by atoms with Crippen LogP contribution in [-0.2, 0) is 9.22 Å². The van der Waals surface area contributed by atoms with Crippen LogP contribution in [0.4, 0.5) is 0 Å². The van der Waals surface area contributed by atoms with Gasteiger partial charge in [0.2, 0.25) is 5.91 Å². The molecule has 1 amide bonds. The highest BCUT2D eigenvalue weighted by atomic mass is 28.4. The molecule has 0 heterocycles. The van der Waals surface area contributed by atoms with E-state index in [0.29, 0.717) is 13.0 Å². The van der Waals surface area contributed by atoms with Gasteiger partial charge >= 0.3 is 0 Å². The molecule has 0 aromatic rings. The van der Waals surface area contributed by atoms with Gasteiger partial charge in [0.1, 0.15) is 0 Å². The van der Waals surface area contributed by atoms with Gasteiger partial charge < -0.3 is 15.5 Å². The van der Waals surface area contributed by atoms with Gasteiger partial charge in [0.15, 0.2) is 8.32 Å². The maximum Gasteiger partial charge on any atom is 0.220 e. The zero-order valence-corrected chi connectivity index (χ0v) is 16.8. The normalized spacial score (nSPS) is 15.5. The summed E-state index contributed by atoms with van der Waals surface area (Å²) < 4.78 is 6.21. The first-order valence-corrected chi connectivity index (χ1v) is 11.6. The summed E-state index contributed by atoms with van der Waals surface area (Å²) in [6.07, 6.45) is 5.04. The zero-order chi connectivity index (χ0) is 17.4. The summed E-state index contributed by atoms with van der Waals surface area (Å²) in [4.78, 5) is 12.0. The van der Waals surface area contributed by atoms with E-state index in [1.807, 2.05) is 6.92 Å². The largest absolute Gasteiger partial charge is 0.415 e. The minimum Gasteiger partial charge on any atom is -0.415 e. The van der Waals surface area contributed by atoms with Gasteiger partial charge in [-0.2, -0.15) is 0 Å². The van der Waals surface area contributed by atoms with Crippen molar-refractivity contribution in [2.45, 2.75) is 96.9 Å². The van der Waals surface area contributed by atoms with Gasteiger partial charge in [0.05, 0.1) is 12.6 Å². The van der Waals surface area contributed by atoms with Crippen molar-refractivity contribution in [3.63, 3.8) is 0 Å². The van der Waals surface area contributed by atoms with Gasteiger partial charge in [0.25, 0.3) is 0 Å². The average molecular weight is 331 g/mol. The van der Waals surface area contributed by atoms with Crippen LogP contribution in [0.3, 0.4) is 0 Å². The van der Waals surface area contributed by atoms with Crippen LogP contribution in [0.15, 0.2) is 0 Å². The highest BCUT2D eigenvalue weighted by molar-refractivity contribution is 6.74. The molecule has 0 fully saturated rings. The van der Waals surface area contributed by atoms with Crippen LogP contribution in [0.2, 0.25) is 18.1 Å². The minimum atomic E-state index is -1.81. The Labute approximate surface area is 138 Å². The molecule has 0 aliphatic heterocycles. The second kappa shape index (κ2) is 9.68. The predicted octanol–water partition coefficient (Wildman–Crippen LogP) is 3.81. The highest BCUT2D eigenvalue weighted by Crippen LogP contribution is 2.36. The van der Waals surface area contributed by atoms with E-state index in [4.69, 9.17) is 10.2 Å². The van der Waals surface area contributed by atoms with Gasteiger partial charge in [-0.1, -0.05) is 47.0 Å². The summed E-state index contributed by atoms with van der Waals surface area (Å²) in [6.45, 7) is 15.7. The number of nitrogens with two attached hydrogens (primary N) is 1. The van der Waals surface area contributed by atoms with Crippen molar-refractivity contribution in [3.8, 4) is 0 Å². The van der Waals surface area contributed by atoms with Crippen LogP contribution in [-0.4, -0.2) is 32.9 Å². The van der Waals surface area contributed by atoms with E-state index < -0.39 is 8.32 Å². The molecule has 132 valence electrons. The fraction of sp³-hybridized carbons (Fsp3) is 0.941. The zero-order valence-electron chi connectivity index (χ0n) is 15.8. The van der Waals surface area contributed by atoms with Crippen LogP contribution < -0.4 is 11.1 Å². The Kier molecular flexibility index (Phi) is 9.51. The Morgan fingerprint density at radius 3 is 2.27 bits per heavy atom. The SMILES string of the molecule is CCCCCCC(=O)N[C@H](CO[Si](C)(C)C(C)(C)C)[C@@H](C)N. The summed E-state index contributed by atoms with van der Waals surface area (Å²) in [7, 11) is -1.81. The second-order valence-electron chi connectivity index (χ2n) is 7.92. The monoisotopic (exact) mass is 330 g/mol. The third-order valence-corrected chi connectivity index (χ3v) is 9.17. The van der Waals surface area contributed by atoms with Gasteiger partial charge in [-0.05, 0) is 31.5 Å². The lowest BCUT2D eigenvalue weighted by Crippen LogP contribution is -2.52. The Morgan fingerprint density at radius 2 is 1.82 bits per heavy atom. The third kappa shape index (κ3) is 8.29. The number of hydrogen-bond donors (Lipinski definition) is 2. The molecule has 4 nitrogen and oxygen atoms in total. The Hall–Kier alpha value is -0.393. The molecule has 5 heteroatoms. The van der Waals surface area contributed by atoms with Gasteiger partial charge in [-0.3, -0.25) is 4.79 Å². The second-order valence-corrected chi connectivity index (χ2v) is 12.7. The van der Waals surface area contributed by atoms with E-state index >= 15 is 0 Å². The van der Waals surface area contributed by atoms with E-state index in [2.05, 4.69) is 46.1 Å². The smallest absolute Gasteiger partial charge is 0.220 e. The molecule has 0 aliphatic rings. The number of amides is 1. The number of carbonyl (C=O) groups is 1. The van der Waals surface area contributed by atoms with Crippen molar-refractivity contribution in [2.75, 3.05) is 6.61 Å². The van der Waals surface area contributed by atoms with E-state index in [1.165, 1.54) is 12.8 Å². The molecule has 0 unspecified atom stereocenters. The molecule has 0 spiro atoms. The summed E-state index contributed by atoms with van der Waals surface area (Å²) in [6, 6.07) is -0.211. The van der Waals surface area contributed by atoms with Crippen molar-refractivity contribution in [2.24, 2.45) is 5.73 Å². The Bertz CT molecular complexity index is 325. The van der Waals surface area contributed by atoms with Crippen LogP contribution in [0.1, 0.15) is 66.7 Å². The van der Waals surface area contributed by atoms with Gasteiger partial charge in [-0.15, -0.1) is 0 Å². The lowest BCUT2D eigenvalue weighted by molar-refractivity contribution is -0.122. The van der Waals surface area contributed by atoms with Crippen molar-refractivity contribution < 1.29 is 9.22 Å². The first kappa shape index (κ1) is 21.6. The van der Waals surface area contributed by atoms with Gasteiger partial charge in [-0.25, -0.2) is 0 Å². The molecule has 3 N–H and O–H groups in total. The molecular weight excluding hydrogens is 292 g/mol. The van der Waals surface area contributed by atoms with Crippen molar-refractivity contribution >= 4 is 14.2 Å². The summed E-state index contributed by atoms with van der Waals surface area (Å²) in [5.41, 5.74) is 6.02. The van der Waals surface area contributed by atoms with E-state index in [-0.39, 0.29) is 23.0 Å². The Morgan fingerprint density at radius 1 is 1.23 bits per heavy atom. The summed E-state index contributed by atoms with van der Waals surface area (Å²) in [5.74, 6) is 0.0947. The van der Waals surface area contributed by atoms with E-state index in [0.717, 1.165) is 12.8 Å². The average Bonchev–Trinajstić information content (AvgIpc) is 2.38. The molecule has 0 bridgehead atoms. The third-order valence-electron chi connectivity index (χ3n) is 4.67. The minimum absolute atomic E-state index is 0.0947. The number of carbonyl (C=O) groups excluding carboxylic acids is 1. The molecule has 22 heavy (non-hydrogen) atoms. The maximum absolute atomic E-state index is 12.0. The number of unbranched alkanes of at least 4 members (excludes halogenated alkanes) is 3. The first-order chi connectivity index (χ1) is 10.0. The van der Waals surface area contributed by atoms with Crippen LogP contribution in [0.25, 0.3) is 0 Å². The quantitative estimate of drug-likeness (QED) is 0.473. The molecule has 0 saturated heterocycles. The molecule has 0 aromatic carbocycles. The van der Waals surface area contributed by atoms with Crippen LogP contribution >= 0.6 is 0 Å². The van der Waals surface area contributed by atoms with E-state index in [9.17, 15) is 4.79 Å². The van der Waals surface area contributed by atoms with Crippen molar-refractivity contribution in [3.05, 3.63) is 0 Å². The highest BCUT2D eigenvalue weighted by Gasteiger charge is 2.37. The van der Waals surface area contributed by atoms with Crippen molar-refractivity contribution in [1.29, 1.82) is 0 Å². The summed E-state index contributed by atoms with van der Waals surface area (Å²) in [5, 5.41) is 3.22. The fourth-order valence-corrected chi connectivity index (χ4v) is 2.86. The molecule has 0 saturated carbocycles. The lowest BCUT2D eigenvalue weighted by atomic mass is 10.1. The molecule has 0 rings (SSSR count). The first-order valence-electron chi connectivity index (χ1n) is 8.70. The fourth-order valence-electron chi connectivity index (χ4n) is 1.83. The Balaban J connectivity index is 4.35. The van der Waals surface area contributed by atoms with Gasteiger partial charge in [0, 0.05) is 12.5 Å². The van der Waals surface area contributed by atoms with Crippen molar-refractivity contribution in [1.82, 2.24) is 5.32 Å². The topological polar surface area (TPSA) is 64.3 Å². The van der Waals surface area contributed by atoms with Crippen LogP contribution in [0, 0.1) is 0 Å². The molecule has 2 atom stereocenters.